The average molecular weight is 278 g/mol. The largest absolute Gasteiger partial charge is 0.494 e. The molecule has 19 heavy (non-hydrogen) atoms. The molecule has 0 saturated heterocycles. The lowest BCUT2D eigenvalue weighted by Gasteiger charge is -2.11. The molecule has 0 radical (unpaired) electrons. The molecule has 0 aliphatic rings. The van der Waals surface area contributed by atoms with Gasteiger partial charge >= 0.3 is 0 Å². The van der Waals surface area contributed by atoms with Crippen molar-refractivity contribution in [2.45, 2.75) is 25.4 Å². The van der Waals surface area contributed by atoms with Gasteiger partial charge in [-0.2, -0.15) is 0 Å². The molecule has 1 aromatic carbocycles. The molecule has 0 fully saturated rings. The molecule has 1 rings (SSSR count). The maximum Gasteiger partial charge on any atom is 0.261 e. The van der Waals surface area contributed by atoms with Gasteiger partial charge in [0.15, 0.2) is 11.6 Å². The number of ether oxygens (including phenoxy) is 2. The lowest BCUT2D eigenvalue weighted by atomic mass is 10.1. The van der Waals surface area contributed by atoms with Gasteiger partial charge in [0.05, 0.1) is 13.2 Å². The molecule has 0 spiro atoms. The molecule has 6 heteroatoms. The molecule has 0 aromatic heterocycles. The van der Waals surface area contributed by atoms with Crippen molar-refractivity contribution in [3.05, 3.63) is 29.6 Å². The summed E-state index contributed by atoms with van der Waals surface area (Å²) >= 11 is 0. The first-order valence-electron chi connectivity index (χ1n) is 5.89. The van der Waals surface area contributed by atoms with Crippen molar-refractivity contribution < 1.29 is 27.8 Å². The minimum Gasteiger partial charge on any atom is -0.494 e. The summed E-state index contributed by atoms with van der Waals surface area (Å²) in [5.41, 5.74) is 0.611. The summed E-state index contributed by atoms with van der Waals surface area (Å²) in [6.07, 6.45) is -2.81. The number of rotatable bonds is 8. The fourth-order valence-corrected chi connectivity index (χ4v) is 1.60. The normalized spacial score (nSPS) is 12.7. The highest BCUT2D eigenvalue weighted by atomic mass is 19.3. The topological polar surface area (TPSA) is 38.7 Å². The lowest BCUT2D eigenvalue weighted by molar-refractivity contribution is 0.00512. The number of benzene rings is 1. The molecule has 3 nitrogen and oxygen atoms in total. The van der Waals surface area contributed by atoms with Crippen molar-refractivity contribution in [3.8, 4) is 5.75 Å². The third kappa shape index (κ3) is 5.94. The molecule has 0 aliphatic heterocycles. The van der Waals surface area contributed by atoms with Crippen molar-refractivity contribution in [1.29, 1.82) is 0 Å². The Hall–Kier alpha value is -1.27. The van der Waals surface area contributed by atoms with Gasteiger partial charge in [-0.25, -0.2) is 13.2 Å². The number of aliphatic hydroxyl groups is 1. The van der Waals surface area contributed by atoms with Crippen LogP contribution in [0.1, 0.15) is 12.0 Å². The van der Waals surface area contributed by atoms with Gasteiger partial charge in [0.1, 0.15) is 6.61 Å². The lowest BCUT2D eigenvalue weighted by Crippen LogP contribution is -2.15. The monoisotopic (exact) mass is 278 g/mol. The molecule has 0 aliphatic carbocycles. The standard InChI is InChI=1S/C13H17F3O3/c1-18-12-3-2-9(7-11(12)14)6-10(17)4-5-19-8-13(15)16/h2-3,7,10,13,17H,4-6,8H2,1H3. The minimum absolute atomic E-state index is 0.0458. The summed E-state index contributed by atoms with van der Waals surface area (Å²) in [6.45, 7) is -0.589. The first-order chi connectivity index (χ1) is 9.02. The van der Waals surface area contributed by atoms with E-state index in [9.17, 15) is 18.3 Å². The molecule has 0 saturated carbocycles. The second-order valence-corrected chi connectivity index (χ2v) is 4.08. The van der Waals surface area contributed by atoms with Crippen molar-refractivity contribution in [2.75, 3.05) is 20.3 Å². The number of alkyl halides is 2. The van der Waals surface area contributed by atoms with Crippen LogP contribution in [-0.2, 0) is 11.2 Å². The van der Waals surface area contributed by atoms with Gasteiger partial charge in [-0.3, -0.25) is 0 Å². The molecule has 1 unspecified atom stereocenters. The quantitative estimate of drug-likeness (QED) is 0.742. The van der Waals surface area contributed by atoms with E-state index in [0.29, 0.717) is 5.56 Å². The van der Waals surface area contributed by atoms with Crippen LogP contribution in [-0.4, -0.2) is 38.0 Å². The molecular weight excluding hydrogens is 261 g/mol. The van der Waals surface area contributed by atoms with Crippen molar-refractivity contribution in [1.82, 2.24) is 0 Å². The zero-order valence-corrected chi connectivity index (χ0v) is 10.6. The Bertz CT molecular complexity index is 385. The van der Waals surface area contributed by atoms with E-state index in [4.69, 9.17) is 4.74 Å². The van der Waals surface area contributed by atoms with Crippen molar-refractivity contribution in [3.63, 3.8) is 0 Å². The first kappa shape index (κ1) is 15.8. The Kier molecular flexibility index (Phi) is 6.66. The van der Waals surface area contributed by atoms with Crippen LogP contribution in [0.15, 0.2) is 18.2 Å². The van der Waals surface area contributed by atoms with E-state index in [1.165, 1.54) is 19.2 Å². The Labute approximate surface area is 110 Å². The maximum atomic E-state index is 13.4. The van der Waals surface area contributed by atoms with Gasteiger partial charge in [-0.1, -0.05) is 6.07 Å². The number of aliphatic hydroxyl groups excluding tert-OH is 1. The highest BCUT2D eigenvalue weighted by Gasteiger charge is 2.09. The Morgan fingerprint density at radius 3 is 2.63 bits per heavy atom. The summed E-state index contributed by atoms with van der Waals surface area (Å²) in [6, 6.07) is 4.40. The molecule has 1 aromatic rings. The van der Waals surface area contributed by atoms with Crippen molar-refractivity contribution >= 4 is 0 Å². The number of methoxy groups -OCH3 is 1. The van der Waals surface area contributed by atoms with Crippen molar-refractivity contribution in [2.24, 2.45) is 0 Å². The van der Waals surface area contributed by atoms with Gasteiger partial charge in [0.2, 0.25) is 0 Å². The van der Waals surface area contributed by atoms with Crippen LogP contribution in [0.3, 0.4) is 0 Å². The van der Waals surface area contributed by atoms with Crippen LogP contribution in [0.4, 0.5) is 13.2 Å². The summed E-state index contributed by atoms with van der Waals surface area (Å²) in [7, 11) is 1.37. The summed E-state index contributed by atoms with van der Waals surface area (Å²) in [5.74, 6) is -0.361. The molecule has 1 N–H and O–H groups in total. The van der Waals surface area contributed by atoms with Crippen LogP contribution in [0.2, 0.25) is 0 Å². The van der Waals surface area contributed by atoms with Gasteiger partial charge in [-0.05, 0) is 30.5 Å². The second kappa shape index (κ2) is 8.01. The smallest absolute Gasteiger partial charge is 0.261 e. The molecule has 0 amide bonds. The van der Waals surface area contributed by atoms with Gasteiger partial charge in [0.25, 0.3) is 6.43 Å². The van der Waals surface area contributed by atoms with Gasteiger partial charge in [-0.15, -0.1) is 0 Å². The Morgan fingerprint density at radius 2 is 2.05 bits per heavy atom. The Balaban J connectivity index is 2.35. The third-order valence-corrected chi connectivity index (χ3v) is 2.53. The van der Waals surface area contributed by atoms with Crippen LogP contribution in [0.25, 0.3) is 0 Å². The van der Waals surface area contributed by atoms with E-state index >= 15 is 0 Å². The molecular formula is C13H17F3O3. The molecule has 108 valence electrons. The SMILES string of the molecule is COc1ccc(CC(O)CCOCC(F)F)cc1F. The highest BCUT2D eigenvalue weighted by Crippen LogP contribution is 2.18. The zero-order valence-electron chi connectivity index (χ0n) is 10.6. The van der Waals surface area contributed by atoms with Crippen LogP contribution >= 0.6 is 0 Å². The van der Waals surface area contributed by atoms with Gasteiger partial charge in [0, 0.05) is 6.61 Å². The van der Waals surface area contributed by atoms with Crippen LogP contribution in [0.5, 0.6) is 5.75 Å². The molecule has 1 atom stereocenters. The Morgan fingerprint density at radius 1 is 1.32 bits per heavy atom. The third-order valence-electron chi connectivity index (χ3n) is 2.53. The zero-order chi connectivity index (χ0) is 14.3. The maximum absolute atomic E-state index is 13.4. The number of hydrogen-bond donors (Lipinski definition) is 1. The van der Waals surface area contributed by atoms with Crippen LogP contribution < -0.4 is 4.74 Å². The van der Waals surface area contributed by atoms with E-state index in [0.717, 1.165) is 0 Å². The van der Waals surface area contributed by atoms with Gasteiger partial charge < -0.3 is 14.6 Å². The molecule has 0 heterocycles. The minimum atomic E-state index is -2.51. The van der Waals surface area contributed by atoms with E-state index in [1.54, 1.807) is 6.07 Å². The predicted octanol–water partition coefficient (Wildman–Crippen LogP) is 2.41. The van der Waals surface area contributed by atoms with E-state index in [2.05, 4.69) is 4.74 Å². The summed E-state index contributed by atoms with van der Waals surface area (Å²) in [5, 5.41) is 9.66. The van der Waals surface area contributed by atoms with E-state index < -0.39 is 25.0 Å². The molecule has 0 bridgehead atoms. The van der Waals surface area contributed by atoms with Crippen LogP contribution in [0, 0.1) is 5.82 Å². The summed E-state index contributed by atoms with van der Waals surface area (Å²) < 4.78 is 46.4. The second-order valence-electron chi connectivity index (χ2n) is 4.08. The highest BCUT2D eigenvalue weighted by molar-refractivity contribution is 5.29. The first-order valence-corrected chi connectivity index (χ1v) is 5.89. The fourth-order valence-electron chi connectivity index (χ4n) is 1.60. The average Bonchev–Trinajstić information content (AvgIpc) is 2.35. The number of hydrogen-bond acceptors (Lipinski definition) is 3. The van der Waals surface area contributed by atoms with E-state index in [-0.39, 0.29) is 25.2 Å². The number of halogens is 3. The predicted molar refractivity (Wildman–Crippen MR) is 64.1 cm³/mol. The van der Waals surface area contributed by atoms with E-state index in [1.807, 2.05) is 0 Å². The fraction of sp³-hybridized carbons (Fsp3) is 0.538. The summed E-state index contributed by atoms with van der Waals surface area (Å²) in [4.78, 5) is 0.